The van der Waals surface area contributed by atoms with E-state index >= 15 is 0 Å². The zero-order valence-electron chi connectivity index (χ0n) is 13.6. The maximum absolute atomic E-state index is 12.2. The standard InChI is InChI=1S/C17H25N3O3/c1-19(11-12-23-15-5-3-2-4-6-15)13-16(21)20-9-7-14(8-10-20)17(18)22/h2-6,14H,7-13H2,1H3,(H2,18,22). The molecule has 0 aliphatic carbocycles. The van der Waals surface area contributed by atoms with Crippen LogP contribution >= 0.6 is 0 Å². The molecule has 1 aromatic rings. The van der Waals surface area contributed by atoms with Crippen LogP contribution in [0.4, 0.5) is 0 Å². The number of carbonyl (C=O) groups is 2. The van der Waals surface area contributed by atoms with Crippen molar-refractivity contribution < 1.29 is 14.3 Å². The smallest absolute Gasteiger partial charge is 0.236 e. The summed E-state index contributed by atoms with van der Waals surface area (Å²) in [4.78, 5) is 27.1. The number of nitrogens with zero attached hydrogens (tertiary/aromatic N) is 2. The highest BCUT2D eigenvalue weighted by atomic mass is 16.5. The van der Waals surface area contributed by atoms with E-state index in [0.29, 0.717) is 45.6 Å². The Bertz CT molecular complexity index is 513. The quantitative estimate of drug-likeness (QED) is 0.803. The lowest BCUT2D eigenvalue weighted by atomic mass is 9.96. The molecule has 2 rings (SSSR count). The first kappa shape index (κ1) is 17.3. The number of hydrogen-bond donors (Lipinski definition) is 1. The van der Waals surface area contributed by atoms with E-state index in [0.717, 1.165) is 5.75 Å². The number of primary amides is 1. The highest BCUT2D eigenvalue weighted by Gasteiger charge is 2.26. The minimum Gasteiger partial charge on any atom is -0.492 e. The van der Waals surface area contributed by atoms with Crippen molar-refractivity contribution in [1.82, 2.24) is 9.80 Å². The van der Waals surface area contributed by atoms with Gasteiger partial charge in [0.2, 0.25) is 11.8 Å². The van der Waals surface area contributed by atoms with Gasteiger partial charge in [0.05, 0.1) is 6.54 Å². The fourth-order valence-corrected chi connectivity index (χ4v) is 2.66. The monoisotopic (exact) mass is 319 g/mol. The van der Waals surface area contributed by atoms with Crippen LogP contribution in [0.1, 0.15) is 12.8 Å². The second kappa shape index (κ2) is 8.53. The molecule has 0 radical (unpaired) electrons. The topological polar surface area (TPSA) is 75.9 Å². The van der Waals surface area contributed by atoms with Crippen LogP contribution in [0.5, 0.6) is 5.75 Å². The summed E-state index contributed by atoms with van der Waals surface area (Å²) in [7, 11) is 1.91. The van der Waals surface area contributed by atoms with Crippen LogP contribution in [-0.2, 0) is 9.59 Å². The van der Waals surface area contributed by atoms with Crippen LogP contribution in [0.25, 0.3) is 0 Å². The van der Waals surface area contributed by atoms with Gasteiger partial charge in [-0.25, -0.2) is 0 Å². The summed E-state index contributed by atoms with van der Waals surface area (Å²) in [5, 5.41) is 0. The van der Waals surface area contributed by atoms with E-state index in [9.17, 15) is 9.59 Å². The first-order chi connectivity index (χ1) is 11.1. The molecule has 0 aromatic heterocycles. The summed E-state index contributed by atoms with van der Waals surface area (Å²) in [5.41, 5.74) is 5.31. The van der Waals surface area contributed by atoms with Gasteiger partial charge in [0.1, 0.15) is 12.4 Å². The van der Waals surface area contributed by atoms with Crippen molar-refractivity contribution in [2.24, 2.45) is 11.7 Å². The van der Waals surface area contributed by atoms with Crippen molar-refractivity contribution in [1.29, 1.82) is 0 Å². The SMILES string of the molecule is CN(CCOc1ccccc1)CC(=O)N1CCC(C(N)=O)CC1. The number of rotatable bonds is 7. The zero-order chi connectivity index (χ0) is 16.7. The summed E-state index contributed by atoms with van der Waals surface area (Å²) in [6.07, 6.45) is 1.34. The molecule has 2 amide bonds. The Balaban J connectivity index is 1.66. The predicted octanol–water partition coefficient (Wildman–Crippen LogP) is 0.721. The number of likely N-dealkylation sites (tertiary alicyclic amines) is 1. The summed E-state index contributed by atoms with van der Waals surface area (Å²) < 4.78 is 5.63. The summed E-state index contributed by atoms with van der Waals surface area (Å²) >= 11 is 0. The lowest BCUT2D eigenvalue weighted by Gasteiger charge is -2.31. The molecule has 0 bridgehead atoms. The van der Waals surface area contributed by atoms with Gasteiger partial charge < -0.3 is 15.4 Å². The van der Waals surface area contributed by atoms with Gasteiger partial charge in [0.15, 0.2) is 0 Å². The van der Waals surface area contributed by atoms with Gasteiger partial charge in [-0.15, -0.1) is 0 Å². The van der Waals surface area contributed by atoms with E-state index < -0.39 is 0 Å². The maximum Gasteiger partial charge on any atom is 0.236 e. The normalized spacial score (nSPS) is 15.7. The van der Waals surface area contributed by atoms with Crippen LogP contribution in [0.3, 0.4) is 0 Å². The second-order valence-electron chi connectivity index (χ2n) is 5.96. The Kier molecular flexibility index (Phi) is 6.40. The number of amides is 2. The molecule has 126 valence electrons. The minimum atomic E-state index is -0.257. The Hall–Kier alpha value is -2.08. The predicted molar refractivity (Wildman–Crippen MR) is 87.9 cm³/mol. The van der Waals surface area contributed by atoms with Crippen molar-refractivity contribution in [3.8, 4) is 5.75 Å². The Labute approximate surface area is 137 Å². The van der Waals surface area contributed by atoms with Crippen LogP contribution in [-0.4, -0.2) is 61.4 Å². The van der Waals surface area contributed by atoms with Gasteiger partial charge in [-0.3, -0.25) is 14.5 Å². The van der Waals surface area contributed by atoms with Crippen LogP contribution in [0.15, 0.2) is 30.3 Å². The fourth-order valence-electron chi connectivity index (χ4n) is 2.66. The second-order valence-corrected chi connectivity index (χ2v) is 5.96. The van der Waals surface area contributed by atoms with Gasteiger partial charge in [-0.2, -0.15) is 0 Å². The largest absolute Gasteiger partial charge is 0.492 e. The Morgan fingerprint density at radius 1 is 1.26 bits per heavy atom. The van der Waals surface area contributed by atoms with E-state index in [2.05, 4.69) is 0 Å². The molecule has 0 atom stereocenters. The molecule has 0 spiro atoms. The van der Waals surface area contributed by atoms with Crippen molar-refractivity contribution in [3.05, 3.63) is 30.3 Å². The molecule has 1 saturated heterocycles. The zero-order valence-corrected chi connectivity index (χ0v) is 13.6. The average Bonchev–Trinajstić information content (AvgIpc) is 2.56. The van der Waals surface area contributed by atoms with E-state index in [1.165, 1.54) is 0 Å². The van der Waals surface area contributed by atoms with E-state index in [-0.39, 0.29) is 17.7 Å². The number of ether oxygens (including phenoxy) is 1. The molecular weight excluding hydrogens is 294 g/mol. The number of benzene rings is 1. The maximum atomic E-state index is 12.2. The average molecular weight is 319 g/mol. The molecule has 1 heterocycles. The molecule has 0 unspecified atom stereocenters. The lowest BCUT2D eigenvalue weighted by molar-refractivity contribution is -0.135. The third-order valence-electron chi connectivity index (χ3n) is 4.14. The van der Waals surface area contributed by atoms with Crippen molar-refractivity contribution in [2.45, 2.75) is 12.8 Å². The summed E-state index contributed by atoms with van der Waals surface area (Å²) in [6, 6.07) is 9.62. The number of likely N-dealkylation sites (N-methyl/N-ethyl adjacent to an activating group) is 1. The molecule has 6 nitrogen and oxygen atoms in total. The molecule has 1 fully saturated rings. The highest BCUT2D eigenvalue weighted by Crippen LogP contribution is 2.16. The first-order valence-electron chi connectivity index (χ1n) is 7.99. The highest BCUT2D eigenvalue weighted by molar-refractivity contribution is 5.80. The minimum absolute atomic E-state index is 0.0870. The first-order valence-corrected chi connectivity index (χ1v) is 7.99. The van der Waals surface area contributed by atoms with E-state index in [1.54, 1.807) is 0 Å². The Morgan fingerprint density at radius 2 is 1.91 bits per heavy atom. The van der Waals surface area contributed by atoms with Gasteiger partial charge >= 0.3 is 0 Å². The number of hydrogen-bond acceptors (Lipinski definition) is 4. The van der Waals surface area contributed by atoms with Crippen molar-refractivity contribution in [3.63, 3.8) is 0 Å². The number of nitrogens with two attached hydrogens (primary N) is 1. The van der Waals surface area contributed by atoms with Crippen molar-refractivity contribution in [2.75, 3.05) is 39.8 Å². The van der Waals surface area contributed by atoms with E-state index in [1.807, 2.05) is 47.2 Å². The van der Waals surface area contributed by atoms with Gasteiger partial charge in [-0.05, 0) is 32.0 Å². The van der Waals surface area contributed by atoms with Crippen LogP contribution in [0, 0.1) is 5.92 Å². The van der Waals surface area contributed by atoms with Crippen LogP contribution in [0.2, 0.25) is 0 Å². The third kappa shape index (κ3) is 5.56. The van der Waals surface area contributed by atoms with Crippen LogP contribution < -0.4 is 10.5 Å². The van der Waals surface area contributed by atoms with Gasteiger partial charge in [0, 0.05) is 25.6 Å². The number of para-hydroxylation sites is 1. The molecule has 1 aromatic carbocycles. The van der Waals surface area contributed by atoms with Gasteiger partial charge in [-0.1, -0.05) is 18.2 Å². The molecule has 1 aliphatic heterocycles. The molecule has 0 saturated carbocycles. The lowest BCUT2D eigenvalue weighted by Crippen LogP contribution is -2.45. The number of carbonyl (C=O) groups excluding carboxylic acids is 2. The fraction of sp³-hybridized carbons (Fsp3) is 0.529. The molecular formula is C17H25N3O3. The summed E-state index contributed by atoms with van der Waals surface area (Å²) in [5.74, 6) is 0.583. The van der Waals surface area contributed by atoms with Crippen molar-refractivity contribution >= 4 is 11.8 Å². The van der Waals surface area contributed by atoms with Gasteiger partial charge in [0.25, 0.3) is 0 Å². The molecule has 23 heavy (non-hydrogen) atoms. The number of piperidine rings is 1. The molecule has 2 N–H and O–H groups in total. The third-order valence-corrected chi connectivity index (χ3v) is 4.14. The summed E-state index contributed by atoms with van der Waals surface area (Å²) in [6.45, 7) is 2.80. The molecule has 6 heteroatoms. The van der Waals surface area contributed by atoms with E-state index in [4.69, 9.17) is 10.5 Å². The Morgan fingerprint density at radius 3 is 2.52 bits per heavy atom. The molecule has 1 aliphatic rings.